The minimum Gasteiger partial charge on any atom is -0.507 e. The zero-order chi connectivity index (χ0) is 13.3. The molecule has 0 aliphatic carbocycles. The summed E-state index contributed by atoms with van der Waals surface area (Å²) in [7, 11) is 0. The average Bonchev–Trinajstić information content (AvgIpc) is 2.37. The lowest BCUT2D eigenvalue weighted by molar-refractivity contribution is 0.0732. The summed E-state index contributed by atoms with van der Waals surface area (Å²) < 4.78 is 0. The monoisotopic (exact) mass is 268 g/mol. The smallest absolute Gasteiger partial charge is 0.258 e. The molecule has 0 radical (unpaired) electrons. The third kappa shape index (κ3) is 2.31. The van der Waals surface area contributed by atoms with Crippen molar-refractivity contribution in [3.8, 4) is 5.75 Å². The van der Waals surface area contributed by atoms with E-state index in [1.165, 1.54) is 0 Å². The summed E-state index contributed by atoms with van der Waals surface area (Å²) in [5.74, 6) is -0.0995. The number of amides is 1. The number of carbonyl (C=O) groups excluding carboxylic acids is 1. The number of aromatic hydroxyl groups is 1. The van der Waals surface area contributed by atoms with Crippen LogP contribution in [0.3, 0.4) is 0 Å². The second-order valence-corrected chi connectivity index (χ2v) is 4.97. The van der Waals surface area contributed by atoms with Gasteiger partial charge in [0.15, 0.2) is 0 Å². The number of hydrogen-bond donors (Lipinski definition) is 2. The second kappa shape index (κ2) is 5.16. The minimum atomic E-state index is -0.142. The lowest BCUT2D eigenvalue weighted by Gasteiger charge is -2.28. The molecule has 1 fully saturated rings. The van der Waals surface area contributed by atoms with E-state index in [-0.39, 0.29) is 11.7 Å². The number of phenols is 1. The van der Waals surface area contributed by atoms with Crippen LogP contribution in [0.25, 0.3) is 0 Å². The number of nitrogens with one attached hydrogen (secondary N) is 1. The minimum absolute atomic E-state index is 0.0421. The molecule has 0 bridgehead atoms. The first-order chi connectivity index (χ1) is 8.52. The third-order valence-corrected chi connectivity index (χ3v) is 3.70. The molecule has 2 N–H and O–H groups in total. The number of phenolic OH excluding ortho intramolecular Hbond substituents is 1. The van der Waals surface area contributed by atoms with E-state index in [1.807, 2.05) is 0 Å². The summed E-state index contributed by atoms with van der Waals surface area (Å²) in [6.45, 7) is 6.38. The number of carbonyl (C=O) groups is 1. The molecule has 2 rings (SSSR count). The van der Waals surface area contributed by atoms with E-state index in [9.17, 15) is 9.90 Å². The average molecular weight is 269 g/mol. The number of nitrogens with zero attached hydrogens (tertiary/aromatic N) is 1. The van der Waals surface area contributed by atoms with E-state index in [2.05, 4.69) is 5.32 Å². The third-order valence-electron chi connectivity index (χ3n) is 3.30. The van der Waals surface area contributed by atoms with Gasteiger partial charge >= 0.3 is 0 Å². The van der Waals surface area contributed by atoms with E-state index in [4.69, 9.17) is 11.6 Å². The van der Waals surface area contributed by atoms with Crippen LogP contribution in [0.15, 0.2) is 6.07 Å². The van der Waals surface area contributed by atoms with Crippen molar-refractivity contribution < 1.29 is 9.90 Å². The molecule has 1 aromatic carbocycles. The fourth-order valence-electron chi connectivity index (χ4n) is 2.15. The molecule has 0 atom stereocenters. The maximum atomic E-state index is 12.4. The van der Waals surface area contributed by atoms with Crippen molar-refractivity contribution in [1.82, 2.24) is 10.2 Å². The number of rotatable bonds is 1. The van der Waals surface area contributed by atoms with E-state index in [1.54, 1.807) is 24.8 Å². The summed E-state index contributed by atoms with van der Waals surface area (Å²) in [6.07, 6.45) is 0. The van der Waals surface area contributed by atoms with Gasteiger partial charge in [-0.1, -0.05) is 11.6 Å². The molecule has 18 heavy (non-hydrogen) atoms. The van der Waals surface area contributed by atoms with Crippen LogP contribution >= 0.6 is 11.6 Å². The standard InChI is InChI=1S/C13H17ClN2O2/c1-8-7-10(14)9(2)11(12(8)17)13(18)16-5-3-15-4-6-16/h7,15,17H,3-6H2,1-2H3. The van der Waals surface area contributed by atoms with Gasteiger partial charge in [0.05, 0.1) is 5.56 Å². The lowest BCUT2D eigenvalue weighted by atomic mass is 10.0. The van der Waals surface area contributed by atoms with Crippen LogP contribution < -0.4 is 5.32 Å². The first kappa shape index (κ1) is 13.2. The molecular weight excluding hydrogens is 252 g/mol. The van der Waals surface area contributed by atoms with Gasteiger partial charge in [0, 0.05) is 31.2 Å². The number of benzene rings is 1. The lowest BCUT2D eigenvalue weighted by Crippen LogP contribution is -2.46. The van der Waals surface area contributed by atoms with E-state index >= 15 is 0 Å². The van der Waals surface area contributed by atoms with Gasteiger partial charge in [-0.25, -0.2) is 0 Å². The van der Waals surface area contributed by atoms with Crippen molar-refractivity contribution in [3.05, 3.63) is 27.8 Å². The Morgan fingerprint density at radius 1 is 1.39 bits per heavy atom. The van der Waals surface area contributed by atoms with Crippen LogP contribution in [0.2, 0.25) is 5.02 Å². The van der Waals surface area contributed by atoms with Crippen molar-refractivity contribution in [3.63, 3.8) is 0 Å². The summed E-state index contributed by atoms with van der Waals surface area (Å²) in [6, 6.07) is 1.68. The second-order valence-electron chi connectivity index (χ2n) is 4.57. The molecule has 0 unspecified atom stereocenters. The SMILES string of the molecule is Cc1cc(Cl)c(C)c(C(=O)N2CCNCC2)c1O. The van der Waals surface area contributed by atoms with Crippen molar-refractivity contribution in [2.24, 2.45) is 0 Å². The summed E-state index contributed by atoms with van der Waals surface area (Å²) in [4.78, 5) is 14.2. The molecule has 1 aromatic rings. The number of halogens is 1. The highest BCUT2D eigenvalue weighted by molar-refractivity contribution is 6.32. The maximum absolute atomic E-state index is 12.4. The van der Waals surface area contributed by atoms with Crippen LogP contribution in [-0.2, 0) is 0 Å². The molecule has 5 heteroatoms. The van der Waals surface area contributed by atoms with Crippen LogP contribution in [0.4, 0.5) is 0 Å². The van der Waals surface area contributed by atoms with E-state index in [0.29, 0.717) is 34.8 Å². The van der Waals surface area contributed by atoms with Crippen LogP contribution in [0, 0.1) is 13.8 Å². The molecule has 0 spiro atoms. The first-order valence-corrected chi connectivity index (χ1v) is 6.39. The largest absolute Gasteiger partial charge is 0.507 e. The highest BCUT2D eigenvalue weighted by atomic mass is 35.5. The van der Waals surface area contributed by atoms with E-state index in [0.717, 1.165) is 13.1 Å². The molecule has 1 saturated heterocycles. The molecule has 1 aliphatic rings. The van der Waals surface area contributed by atoms with Gasteiger partial charge in [-0.05, 0) is 31.0 Å². The molecule has 1 aliphatic heterocycles. The van der Waals surface area contributed by atoms with Crippen LogP contribution in [0.1, 0.15) is 21.5 Å². The molecule has 0 saturated carbocycles. The summed E-state index contributed by atoms with van der Waals surface area (Å²) in [5, 5.41) is 13.8. The Labute approximate surface area is 112 Å². The molecule has 98 valence electrons. The zero-order valence-electron chi connectivity index (χ0n) is 10.6. The quantitative estimate of drug-likeness (QED) is 0.815. The molecule has 1 heterocycles. The molecule has 1 amide bonds. The maximum Gasteiger partial charge on any atom is 0.258 e. The van der Waals surface area contributed by atoms with E-state index < -0.39 is 0 Å². The highest BCUT2D eigenvalue weighted by Gasteiger charge is 2.24. The van der Waals surface area contributed by atoms with Crippen LogP contribution in [0.5, 0.6) is 5.75 Å². The Bertz CT molecular complexity index is 456. The molecule has 0 aromatic heterocycles. The topological polar surface area (TPSA) is 52.6 Å². The van der Waals surface area contributed by atoms with Gasteiger partial charge in [-0.15, -0.1) is 0 Å². The number of aryl methyl sites for hydroxylation is 1. The normalized spacial score (nSPS) is 15.8. The number of piperazine rings is 1. The van der Waals surface area contributed by atoms with Crippen molar-refractivity contribution >= 4 is 17.5 Å². The predicted molar refractivity (Wildman–Crippen MR) is 71.4 cm³/mol. The highest BCUT2D eigenvalue weighted by Crippen LogP contribution is 2.32. The Morgan fingerprint density at radius 3 is 2.61 bits per heavy atom. The molecular formula is C13H17ClN2O2. The van der Waals surface area contributed by atoms with Gasteiger partial charge in [0.2, 0.25) is 0 Å². The van der Waals surface area contributed by atoms with Crippen molar-refractivity contribution in [1.29, 1.82) is 0 Å². The van der Waals surface area contributed by atoms with Gasteiger partial charge in [-0.3, -0.25) is 4.79 Å². The van der Waals surface area contributed by atoms with Crippen LogP contribution in [-0.4, -0.2) is 42.1 Å². The Balaban J connectivity index is 2.40. The fraction of sp³-hybridized carbons (Fsp3) is 0.462. The van der Waals surface area contributed by atoms with Crippen molar-refractivity contribution in [2.75, 3.05) is 26.2 Å². The van der Waals surface area contributed by atoms with Gasteiger partial charge in [0.1, 0.15) is 5.75 Å². The number of hydrogen-bond acceptors (Lipinski definition) is 3. The predicted octanol–water partition coefficient (Wildman–Crippen LogP) is 1.71. The Hall–Kier alpha value is -1.26. The Kier molecular flexibility index (Phi) is 3.78. The van der Waals surface area contributed by atoms with Gasteiger partial charge < -0.3 is 15.3 Å². The summed E-state index contributed by atoms with van der Waals surface area (Å²) in [5.41, 5.74) is 1.61. The first-order valence-electron chi connectivity index (χ1n) is 6.01. The molecule has 4 nitrogen and oxygen atoms in total. The zero-order valence-corrected chi connectivity index (χ0v) is 11.3. The fourth-order valence-corrected chi connectivity index (χ4v) is 2.41. The Morgan fingerprint density at radius 2 is 2.00 bits per heavy atom. The summed E-state index contributed by atoms with van der Waals surface area (Å²) >= 11 is 6.08. The van der Waals surface area contributed by atoms with Gasteiger partial charge in [-0.2, -0.15) is 0 Å². The van der Waals surface area contributed by atoms with Crippen molar-refractivity contribution in [2.45, 2.75) is 13.8 Å². The van der Waals surface area contributed by atoms with Gasteiger partial charge in [0.25, 0.3) is 5.91 Å².